The molecule has 7 atom stereocenters. The zero-order chi connectivity index (χ0) is 16.6. The summed E-state index contributed by atoms with van der Waals surface area (Å²) in [5, 5.41) is 21.0. The smallest absolute Gasteiger partial charge is 0.281 e. The Morgan fingerprint density at radius 1 is 0.917 bits per heavy atom. The van der Waals surface area contributed by atoms with Crippen LogP contribution in [0.1, 0.15) is 45.4 Å². The normalized spacial score (nSPS) is 58.4. The fourth-order valence-corrected chi connectivity index (χ4v) is 5.82. The first-order chi connectivity index (χ1) is 11.5. The molecule has 5 saturated heterocycles. The minimum absolute atomic E-state index is 0.0145. The molecular formula is C17H26O7. The number of hydrogen-bond acceptors (Lipinski definition) is 7. The third-order valence-electron chi connectivity index (χ3n) is 6.58. The van der Waals surface area contributed by atoms with Gasteiger partial charge in [0.1, 0.15) is 35.1 Å². The summed E-state index contributed by atoms with van der Waals surface area (Å²) in [6.07, 6.45) is 2.87. The van der Waals surface area contributed by atoms with Crippen molar-refractivity contribution in [2.75, 3.05) is 19.8 Å². The van der Waals surface area contributed by atoms with Gasteiger partial charge in [0.2, 0.25) is 0 Å². The molecule has 0 aromatic heterocycles. The van der Waals surface area contributed by atoms with Crippen LogP contribution in [0.5, 0.6) is 0 Å². The molecule has 1 aliphatic carbocycles. The molecule has 6 rings (SSSR count). The number of hydrogen-bond donors (Lipinski definition) is 2. The van der Waals surface area contributed by atoms with Gasteiger partial charge in [0.05, 0.1) is 0 Å². The molecule has 3 unspecified atom stereocenters. The van der Waals surface area contributed by atoms with Crippen molar-refractivity contribution in [3.8, 4) is 0 Å². The summed E-state index contributed by atoms with van der Waals surface area (Å²) in [4.78, 5) is 0. The topological polar surface area (TPSA) is 86.6 Å². The second kappa shape index (κ2) is 4.91. The van der Waals surface area contributed by atoms with Crippen LogP contribution in [-0.4, -0.2) is 71.1 Å². The minimum atomic E-state index is -1.25. The molecule has 5 heterocycles. The molecule has 2 N–H and O–H groups in total. The van der Waals surface area contributed by atoms with Gasteiger partial charge < -0.3 is 33.9 Å². The van der Waals surface area contributed by atoms with Crippen molar-refractivity contribution in [1.82, 2.24) is 0 Å². The van der Waals surface area contributed by atoms with Crippen molar-refractivity contribution < 1.29 is 33.9 Å². The maximum Gasteiger partial charge on any atom is 0.281 e. The van der Waals surface area contributed by atoms with E-state index in [2.05, 4.69) is 0 Å². The average molecular weight is 342 g/mol. The van der Waals surface area contributed by atoms with E-state index in [-0.39, 0.29) is 12.7 Å². The average Bonchev–Trinajstić information content (AvgIpc) is 3.22. The van der Waals surface area contributed by atoms with Gasteiger partial charge in [-0.1, -0.05) is 0 Å². The molecule has 0 aromatic carbocycles. The fourth-order valence-electron chi connectivity index (χ4n) is 5.82. The molecule has 136 valence electrons. The van der Waals surface area contributed by atoms with Crippen molar-refractivity contribution >= 4 is 0 Å². The molecule has 7 nitrogen and oxygen atoms in total. The van der Waals surface area contributed by atoms with Crippen LogP contribution in [0.25, 0.3) is 0 Å². The van der Waals surface area contributed by atoms with E-state index in [0.29, 0.717) is 26.1 Å². The summed E-state index contributed by atoms with van der Waals surface area (Å²) in [6, 6.07) is 0. The highest BCUT2D eigenvalue weighted by atomic mass is 16.9. The Labute approximate surface area is 141 Å². The molecule has 6 aliphatic rings. The number of aliphatic hydroxyl groups is 2. The van der Waals surface area contributed by atoms with Crippen molar-refractivity contribution in [3.05, 3.63) is 0 Å². The van der Waals surface area contributed by atoms with Gasteiger partial charge in [-0.05, 0) is 38.5 Å². The van der Waals surface area contributed by atoms with Crippen molar-refractivity contribution in [3.63, 3.8) is 0 Å². The molecule has 4 bridgehead atoms. The molecule has 6 fully saturated rings. The molecule has 7 heteroatoms. The SMILES string of the molecule is CC12OC3[C@@]4(CCCO4)[C@@H](O1)C(O)(CCCO)[C@@H](O2)[C@@]31CCCO1. The largest absolute Gasteiger partial charge is 0.396 e. The quantitative estimate of drug-likeness (QED) is 0.770. The van der Waals surface area contributed by atoms with Crippen LogP contribution >= 0.6 is 0 Å². The number of rotatable bonds is 3. The van der Waals surface area contributed by atoms with Gasteiger partial charge in [-0.3, -0.25) is 0 Å². The minimum Gasteiger partial charge on any atom is -0.396 e. The fraction of sp³-hybridized carbons (Fsp3) is 1.00. The standard InChI is InChI=1S/C17H26O7/c1-14-22-11-15(19,5-2-8-18)12(23-14)17(7-4-10-21-17)13(24-14)16(11)6-3-9-20-16/h11-13,18-19H,2-10H2,1H3/t11-,12+,13?,14?,15?,16+,17-. The number of ether oxygens (including phenoxy) is 5. The summed E-state index contributed by atoms with van der Waals surface area (Å²) in [7, 11) is 0. The van der Waals surface area contributed by atoms with Crippen molar-refractivity contribution in [2.24, 2.45) is 0 Å². The summed E-state index contributed by atoms with van der Waals surface area (Å²) >= 11 is 0. The Morgan fingerprint density at radius 2 is 1.46 bits per heavy atom. The van der Waals surface area contributed by atoms with Gasteiger partial charge in [-0.25, -0.2) is 0 Å². The Hall–Kier alpha value is -0.280. The Kier molecular flexibility index (Phi) is 3.26. The zero-order valence-electron chi connectivity index (χ0n) is 14.0. The van der Waals surface area contributed by atoms with Crippen molar-refractivity contribution in [1.29, 1.82) is 0 Å². The molecule has 0 aromatic rings. The Balaban J connectivity index is 1.66. The van der Waals surface area contributed by atoms with Crippen LogP contribution in [0.2, 0.25) is 0 Å². The lowest BCUT2D eigenvalue weighted by atomic mass is 9.57. The van der Waals surface area contributed by atoms with Gasteiger partial charge in [0.25, 0.3) is 5.97 Å². The van der Waals surface area contributed by atoms with Gasteiger partial charge in [0, 0.05) is 26.7 Å². The third-order valence-corrected chi connectivity index (χ3v) is 6.58. The highest BCUT2D eigenvalue weighted by Crippen LogP contribution is 2.64. The second-order valence-electron chi connectivity index (χ2n) is 7.99. The van der Waals surface area contributed by atoms with E-state index < -0.39 is 35.0 Å². The van der Waals surface area contributed by atoms with Gasteiger partial charge in [-0.2, -0.15) is 0 Å². The van der Waals surface area contributed by atoms with Crippen LogP contribution in [0.15, 0.2) is 0 Å². The lowest BCUT2D eigenvalue weighted by Crippen LogP contribution is -2.90. The maximum atomic E-state index is 11.7. The van der Waals surface area contributed by atoms with Crippen LogP contribution in [0.4, 0.5) is 0 Å². The first-order valence-corrected chi connectivity index (χ1v) is 9.14. The summed E-state index contributed by atoms with van der Waals surface area (Å²) in [5.74, 6) is -1.17. The van der Waals surface area contributed by atoms with E-state index in [1.807, 2.05) is 0 Å². The van der Waals surface area contributed by atoms with Crippen LogP contribution < -0.4 is 0 Å². The first-order valence-electron chi connectivity index (χ1n) is 9.14. The highest BCUT2D eigenvalue weighted by Gasteiger charge is 2.82. The molecule has 1 saturated carbocycles. The third kappa shape index (κ3) is 1.72. The zero-order valence-corrected chi connectivity index (χ0v) is 14.0. The van der Waals surface area contributed by atoms with Gasteiger partial charge >= 0.3 is 0 Å². The summed E-state index contributed by atoms with van der Waals surface area (Å²) in [5.41, 5.74) is -2.65. The monoisotopic (exact) mass is 342 g/mol. The molecule has 24 heavy (non-hydrogen) atoms. The first kappa shape index (κ1) is 15.9. The van der Waals surface area contributed by atoms with E-state index in [4.69, 9.17) is 23.7 Å². The lowest BCUT2D eigenvalue weighted by Gasteiger charge is -2.71. The molecule has 5 aliphatic heterocycles. The molecule has 2 spiro atoms. The highest BCUT2D eigenvalue weighted by molar-refractivity contribution is 5.28. The van der Waals surface area contributed by atoms with Crippen LogP contribution in [-0.2, 0) is 23.7 Å². The maximum absolute atomic E-state index is 11.7. The molecular weight excluding hydrogens is 316 g/mol. The number of aliphatic hydroxyl groups excluding tert-OH is 1. The molecule has 0 amide bonds. The molecule has 0 radical (unpaired) electrons. The van der Waals surface area contributed by atoms with E-state index in [1.54, 1.807) is 6.92 Å². The Morgan fingerprint density at radius 3 is 1.92 bits per heavy atom. The lowest BCUT2D eigenvalue weighted by molar-refractivity contribution is -0.576. The van der Waals surface area contributed by atoms with E-state index >= 15 is 0 Å². The van der Waals surface area contributed by atoms with Crippen LogP contribution in [0.3, 0.4) is 0 Å². The Bertz CT molecular complexity index is 489. The van der Waals surface area contributed by atoms with Crippen molar-refractivity contribution in [2.45, 2.75) is 86.5 Å². The van der Waals surface area contributed by atoms with Gasteiger partial charge in [0.15, 0.2) is 0 Å². The summed E-state index contributed by atoms with van der Waals surface area (Å²) in [6.45, 7) is 3.04. The summed E-state index contributed by atoms with van der Waals surface area (Å²) < 4.78 is 30.9. The van der Waals surface area contributed by atoms with E-state index in [9.17, 15) is 10.2 Å². The van der Waals surface area contributed by atoms with E-state index in [0.717, 1.165) is 25.7 Å². The predicted octanol–water partition coefficient (Wildman–Crippen LogP) is 0.458. The second-order valence-corrected chi connectivity index (χ2v) is 7.99. The predicted molar refractivity (Wildman–Crippen MR) is 80.1 cm³/mol. The van der Waals surface area contributed by atoms with Gasteiger partial charge in [-0.15, -0.1) is 0 Å². The van der Waals surface area contributed by atoms with E-state index in [1.165, 1.54) is 0 Å². The van der Waals surface area contributed by atoms with Crippen LogP contribution in [0, 0.1) is 0 Å².